The quantitative estimate of drug-likeness (QED) is 0.743. The Kier molecular flexibility index (Phi) is 7.30. The van der Waals surface area contributed by atoms with Gasteiger partial charge in [0.15, 0.2) is 6.54 Å². The van der Waals surface area contributed by atoms with Gasteiger partial charge < -0.3 is 20.1 Å². The van der Waals surface area contributed by atoms with Crippen molar-refractivity contribution in [1.29, 1.82) is 0 Å². The Morgan fingerprint density at radius 2 is 1.85 bits per heavy atom. The Balaban J connectivity index is 1.96. The highest BCUT2D eigenvalue weighted by Crippen LogP contribution is 2.29. The van der Waals surface area contributed by atoms with Gasteiger partial charge in [0.2, 0.25) is 0 Å². The van der Waals surface area contributed by atoms with E-state index in [1.807, 2.05) is 61.6 Å². The van der Waals surface area contributed by atoms with Crippen molar-refractivity contribution >= 4 is 17.5 Å². The first-order valence-corrected chi connectivity index (χ1v) is 8.93. The maximum absolute atomic E-state index is 12.4. The number of quaternary nitrogens is 1. The third-order valence-electron chi connectivity index (χ3n) is 4.33. The minimum atomic E-state index is -0.198. The fraction of sp³-hybridized carbons (Fsp3) is 0.350. The molecule has 0 aliphatic carbocycles. The third kappa shape index (κ3) is 5.13. The molecule has 2 aromatic carbocycles. The van der Waals surface area contributed by atoms with Gasteiger partial charge in [-0.25, -0.2) is 0 Å². The molecule has 0 heterocycles. The van der Waals surface area contributed by atoms with Crippen molar-refractivity contribution in [2.45, 2.75) is 25.9 Å². The molecular weight excluding hydrogens is 352 g/mol. The molecule has 0 saturated heterocycles. The molecule has 2 aromatic rings. The summed E-state index contributed by atoms with van der Waals surface area (Å²) in [5, 5.41) is 5.68. The largest absolute Gasteiger partial charge is 0.497 e. The van der Waals surface area contributed by atoms with Crippen LogP contribution in [0.15, 0.2) is 42.5 Å². The smallest absolute Gasteiger partial charge is 0.275 e. The summed E-state index contributed by atoms with van der Waals surface area (Å²) in [6, 6.07) is 13.1. The summed E-state index contributed by atoms with van der Waals surface area (Å²) in [5.74, 6) is 1.38. The first-order valence-electron chi connectivity index (χ1n) is 8.55. The number of carbonyl (C=O) groups excluding carboxylic acids is 1. The lowest BCUT2D eigenvalue weighted by Crippen LogP contribution is -2.87. The highest BCUT2D eigenvalue weighted by atomic mass is 35.5. The fourth-order valence-electron chi connectivity index (χ4n) is 2.81. The van der Waals surface area contributed by atoms with Gasteiger partial charge in [-0.2, -0.15) is 0 Å². The summed E-state index contributed by atoms with van der Waals surface area (Å²) in [5.41, 5.74) is 1.89. The van der Waals surface area contributed by atoms with E-state index in [0.717, 1.165) is 16.9 Å². The van der Waals surface area contributed by atoms with Crippen LogP contribution in [0.2, 0.25) is 5.02 Å². The molecule has 0 bridgehead atoms. The van der Waals surface area contributed by atoms with Crippen LogP contribution in [0.4, 0.5) is 0 Å². The molecule has 3 N–H and O–H groups in total. The maximum atomic E-state index is 12.4. The predicted molar refractivity (Wildman–Crippen MR) is 103 cm³/mol. The van der Waals surface area contributed by atoms with Gasteiger partial charge in [-0.1, -0.05) is 29.8 Å². The molecule has 2 rings (SSSR count). The Morgan fingerprint density at radius 1 is 1.12 bits per heavy atom. The van der Waals surface area contributed by atoms with Gasteiger partial charge in [0, 0.05) is 16.1 Å². The van der Waals surface area contributed by atoms with E-state index in [9.17, 15) is 4.79 Å². The third-order valence-corrected chi connectivity index (χ3v) is 4.68. The van der Waals surface area contributed by atoms with E-state index in [2.05, 4.69) is 5.32 Å². The van der Waals surface area contributed by atoms with Crippen LogP contribution in [-0.2, 0) is 4.79 Å². The standard InChI is InChI=1S/C20H25ClN2O3/c1-13(16-7-5-6-8-18(16)21)22-12-20(24)23-14(2)17-11-15(25-3)9-10-19(17)26-4/h5-11,13-14,22H,12H2,1-4H3,(H,23,24)/p+1/t13-,14-/m0/s1. The van der Waals surface area contributed by atoms with Crippen LogP contribution in [0.25, 0.3) is 0 Å². The number of nitrogens with one attached hydrogen (secondary N) is 1. The lowest BCUT2D eigenvalue weighted by atomic mass is 10.1. The van der Waals surface area contributed by atoms with Gasteiger partial charge >= 0.3 is 0 Å². The summed E-state index contributed by atoms with van der Waals surface area (Å²) >= 11 is 6.21. The maximum Gasteiger partial charge on any atom is 0.275 e. The fourth-order valence-corrected chi connectivity index (χ4v) is 3.12. The Morgan fingerprint density at radius 3 is 2.50 bits per heavy atom. The van der Waals surface area contributed by atoms with Crippen LogP contribution in [-0.4, -0.2) is 26.7 Å². The van der Waals surface area contributed by atoms with Crippen LogP contribution in [0.5, 0.6) is 11.5 Å². The summed E-state index contributed by atoms with van der Waals surface area (Å²) < 4.78 is 10.6. The second kappa shape index (κ2) is 9.46. The van der Waals surface area contributed by atoms with Crippen LogP contribution >= 0.6 is 11.6 Å². The van der Waals surface area contributed by atoms with Gasteiger partial charge in [0.1, 0.15) is 17.5 Å². The Labute approximate surface area is 159 Å². The van der Waals surface area contributed by atoms with Crippen LogP contribution in [0.1, 0.15) is 37.1 Å². The van der Waals surface area contributed by atoms with Crippen molar-refractivity contribution in [2.75, 3.05) is 20.8 Å². The van der Waals surface area contributed by atoms with Gasteiger partial charge in [-0.15, -0.1) is 0 Å². The molecule has 0 aliphatic heterocycles. The Hall–Kier alpha value is -2.24. The minimum Gasteiger partial charge on any atom is -0.497 e. The molecule has 5 nitrogen and oxygen atoms in total. The summed E-state index contributed by atoms with van der Waals surface area (Å²) in [7, 11) is 3.22. The van der Waals surface area contributed by atoms with Crippen molar-refractivity contribution in [2.24, 2.45) is 0 Å². The van der Waals surface area contributed by atoms with Crippen LogP contribution < -0.4 is 20.1 Å². The number of ether oxygens (including phenoxy) is 2. The van der Waals surface area contributed by atoms with Gasteiger partial charge in [-0.3, -0.25) is 4.79 Å². The van der Waals surface area contributed by atoms with Crippen molar-refractivity contribution in [3.8, 4) is 11.5 Å². The van der Waals surface area contributed by atoms with Gasteiger partial charge in [0.05, 0.1) is 20.3 Å². The molecule has 6 heteroatoms. The van der Waals surface area contributed by atoms with E-state index < -0.39 is 0 Å². The predicted octanol–water partition coefficient (Wildman–Crippen LogP) is 2.86. The number of rotatable bonds is 8. The number of carbonyl (C=O) groups is 1. The molecular formula is C20H26ClN2O3+. The van der Waals surface area contributed by atoms with Gasteiger partial charge in [0.25, 0.3) is 5.91 Å². The molecule has 2 atom stereocenters. The van der Waals surface area contributed by atoms with Crippen molar-refractivity contribution in [1.82, 2.24) is 5.32 Å². The van der Waals surface area contributed by atoms with E-state index in [1.165, 1.54) is 0 Å². The molecule has 0 saturated carbocycles. The second-order valence-electron chi connectivity index (χ2n) is 6.15. The van der Waals surface area contributed by atoms with Crippen molar-refractivity contribution < 1.29 is 19.6 Å². The van der Waals surface area contributed by atoms with E-state index in [-0.39, 0.29) is 18.0 Å². The molecule has 0 fully saturated rings. The average Bonchev–Trinajstić information content (AvgIpc) is 2.65. The molecule has 140 valence electrons. The molecule has 0 radical (unpaired) electrons. The van der Waals surface area contributed by atoms with E-state index in [4.69, 9.17) is 21.1 Å². The highest BCUT2D eigenvalue weighted by Gasteiger charge is 2.18. The summed E-state index contributed by atoms with van der Waals surface area (Å²) in [4.78, 5) is 12.4. The van der Waals surface area contributed by atoms with Gasteiger partial charge in [-0.05, 0) is 38.1 Å². The number of hydrogen-bond donors (Lipinski definition) is 2. The highest BCUT2D eigenvalue weighted by molar-refractivity contribution is 6.31. The second-order valence-corrected chi connectivity index (χ2v) is 6.55. The molecule has 0 spiro atoms. The summed E-state index contributed by atoms with van der Waals surface area (Å²) in [6.45, 7) is 4.26. The molecule has 0 unspecified atom stereocenters. The van der Waals surface area contributed by atoms with E-state index in [0.29, 0.717) is 17.3 Å². The van der Waals surface area contributed by atoms with E-state index in [1.54, 1.807) is 14.2 Å². The monoisotopic (exact) mass is 377 g/mol. The number of halogens is 1. The van der Waals surface area contributed by atoms with Crippen molar-refractivity contribution in [3.05, 3.63) is 58.6 Å². The normalized spacial score (nSPS) is 13.0. The molecule has 1 amide bonds. The lowest BCUT2D eigenvalue weighted by Gasteiger charge is -2.18. The first kappa shape index (κ1) is 20.1. The number of nitrogens with two attached hydrogens (primary N) is 1. The molecule has 0 aliphatic rings. The van der Waals surface area contributed by atoms with E-state index >= 15 is 0 Å². The Bertz CT molecular complexity index is 752. The number of methoxy groups -OCH3 is 2. The zero-order chi connectivity index (χ0) is 19.1. The molecule has 0 aromatic heterocycles. The zero-order valence-electron chi connectivity index (χ0n) is 15.6. The topological polar surface area (TPSA) is 64.2 Å². The number of benzene rings is 2. The minimum absolute atomic E-state index is 0.0544. The molecule has 26 heavy (non-hydrogen) atoms. The summed E-state index contributed by atoms with van der Waals surface area (Å²) in [6.07, 6.45) is 0. The number of amides is 1. The average molecular weight is 378 g/mol. The van der Waals surface area contributed by atoms with Crippen LogP contribution in [0, 0.1) is 0 Å². The lowest BCUT2D eigenvalue weighted by molar-refractivity contribution is -0.682. The SMILES string of the molecule is COc1ccc(OC)c([C@H](C)NC(=O)C[NH2+][C@@H](C)c2ccccc2Cl)c1. The zero-order valence-corrected chi connectivity index (χ0v) is 16.3. The van der Waals surface area contributed by atoms with Crippen LogP contribution in [0.3, 0.4) is 0 Å². The number of hydrogen-bond acceptors (Lipinski definition) is 3. The van der Waals surface area contributed by atoms with Crippen molar-refractivity contribution in [3.63, 3.8) is 0 Å². The first-order chi connectivity index (χ1) is 12.5.